The summed E-state index contributed by atoms with van der Waals surface area (Å²) in [6.07, 6.45) is 1.74. The maximum atomic E-state index is 5.26. The molecule has 0 aliphatic rings. The molecule has 0 saturated carbocycles. The molecule has 2 aromatic rings. The second-order valence-electron chi connectivity index (χ2n) is 4.42. The molecule has 2 aromatic heterocycles. The second kappa shape index (κ2) is 5.59. The lowest BCUT2D eigenvalue weighted by Gasteiger charge is -2.03. The van der Waals surface area contributed by atoms with Crippen LogP contribution in [0, 0.1) is 5.92 Å². The predicted octanol–water partition coefficient (Wildman–Crippen LogP) is 2.48. The highest BCUT2D eigenvalue weighted by Crippen LogP contribution is 2.16. The largest absolute Gasteiger partial charge is 0.354 e. The minimum absolute atomic E-state index is 0.636. The highest BCUT2D eigenvalue weighted by atomic mass is 16.5. The second-order valence-corrected chi connectivity index (χ2v) is 4.42. The van der Waals surface area contributed by atoms with E-state index in [1.54, 1.807) is 6.20 Å². The van der Waals surface area contributed by atoms with Crippen LogP contribution in [0.15, 0.2) is 35.0 Å². The molecule has 17 heavy (non-hydrogen) atoms. The molecule has 0 radical (unpaired) electrons. The maximum Gasteiger partial charge on any atom is 0.185 e. The normalized spacial score (nSPS) is 11.0. The summed E-state index contributed by atoms with van der Waals surface area (Å²) in [6.45, 7) is 6.06. The van der Waals surface area contributed by atoms with Crippen molar-refractivity contribution in [2.24, 2.45) is 5.92 Å². The molecule has 0 atom stereocenters. The molecule has 0 unspecified atom stereocenters. The van der Waals surface area contributed by atoms with Gasteiger partial charge in [-0.2, -0.15) is 0 Å². The van der Waals surface area contributed by atoms with Gasteiger partial charge in [0.2, 0.25) is 0 Å². The van der Waals surface area contributed by atoms with E-state index in [0.29, 0.717) is 11.7 Å². The Bertz CT molecular complexity index is 451. The first-order valence-corrected chi connectivity index (χ1v) is 5.83. The van der Waals surface area contributed by atoms with E-state index in [9.17, 15) is 0 Å². The minimum atomic E-state index is 0.636. The number of pyridine rings is 1. The molecule has 0 aliphatic heterocycles. The first kappa shape index (κ1) is 11.8. The number of rotatable bonds is 5. The third-order valence-corrected chi connectivity index (χ3v) is 2.34. The molecule has 0 saturated heterocycles. The molecule has 0 aromatic carbocycles. The first-order chi connectivity index (χ1) is 8.25. The molecule has 4 heteroatoms. The van der Waals surface area contributed by atoms with Gasteiger partial charge >= 0.3 is 0 Å². The van der Waals surface area contributed by atoms with Crippen molar-refractivity contribution in [1.82, 2.24) is 15.5 Å². The number of nitrogens with one attached hydrogen (secondary N) is 1. The molecule has 0 aliphatic carbocycles. The summed E-state index contributed by atoms with van der Waals surface area (Å²) in [6, 6.07) is 7.65. The summed E-state index contributed by atoms with van der Waals surface area (Å²) < 4.78 is 5.26. The van der Waals surface area contributed by atoms with Crippen LogP contribution in [-0.4, -0.2) is 16.7 Å². The third kappa shape index (κ3) is 3.39. The van der Waals surface area contributed by atoms with Crippen LogP contribution in [0.1, 0.15) is 19.5 Å². The van der Waals surface area contributed by atoms with Gasteiger partial charge in [-0.15, -0.1) is 0 Å². The van der Waals surface area contributed by atoms with E-state index in [1.165, 1.54) is 0 Å². The van der Waals surface area contributed by atoms with Gasteiger partial charge in [-0.05, 0) is 24.6 Å². The molecular formula is C13H17N3O. The molecule has 2 heterocycles. The van der Waals surface area contributed by atoms with Crippen LogP contribution in [0.3, 0.4) is 0 Å². The van der Waals surface area contributed by atoms with E-state index >= 15 is 0 Å². The van der Waals surface area contributed by atoms with Crippen molar-refractivity contribution in [3.8, 4) is 11.5 Å². The lowest BCUT2D eigenvalue weighted by Crippen LogP contribution is -2.18. The van der Waals surface area contributed by atoms with Crippen LogP contribution in [0.5, 0.6) is 0 Å². The SMILES string of the molecule is CC(C)CNCc1cc(-c2ccccn2)on1. The van der Waals surface area contributed by atoms with E-state index in [2.05, 4.69) is 29.3 Å². The minimum Gasteiger partial charge on any atom is -0.354 e. The van der Waals surface area contributed by atoms with E-state index < -0.39 is 0 Å². The Morgan fingerprint density at radius 1 is 1.35 bits per heavy atom. The van der Waals surface area contributed by atoms with Crippen molar-refractivity contribution in [3.63, 3.8) is 0 Å². The Morgan fingerprint density at radius 2 is 2.24 bits per heavy atom. The molecule has 0 amide bonds. The fourth-order valence-corrected chi connectivity index (χ4v) is 1.51. The van der Waals surface area contributed by atoms with Gasteiger partial charge in [0.05, 0.1) is 5.69 Å². The Hall–Kier alpha value is -1.68. The molecule has 0 spiro atoms. The van der Waals surface area contributed by atoms with Crippen molar-refractivity contribution >= 4 is 0 Å². The Labute approximate surface area is 101 Å². The highest BCUT2D eigenvalue weighted by molar-refractivity contribution is 5.51. The molecule has 2 rings (SSSR count). The van der Waals surface area contributed by atoms with Gasteiger partial charge in [0, 0.05) is 18.8 Å². The van der Waals surface area contributed by atoms with Gasteiger partial charge in [-0.1, -0.05) is 25.1 Å². The average molecular weight is 231 g/mol. The van der Waals surface area contributed by atoms with Crippen LogP contribution < -0.4 is 5.32 Å². The van der Waals surface area contributed by atoms with Gasteiger partial charge < -0.3 is 9.84 Å². The number of nitrogens with zero attached hydrogens (tertiary/aromatic N) is 2. The lowest BCUT2D eigenvalue weighted by molar-refractivity contribution is 0.417. The molecular weight excluding hydrogens is 214 g/mol. The van der Waals surface area contributed by atoms with E-state index in [-0.39, 0.29) is 0 Å². The van der Waals surface area contributed by atoms with Crippen molar-refractivity contribution < 1.29 is 4.52 Å². The van der Waals surface area contributed by atoms with Crippen molar-refractivity contribution in [2.45, 2.75) is 20.4 Å². The van der Waals surface area contributed by atoms with Crippen molar-refractivity contribution in [2.75, 3.05) is 6.54 Å². The van der Waals surface area contributed by atoms with Gasteiger partial charge in [0.15, 0.2) is 5.76 Å². The number of hydrogen-bond acceptors (Lipinski definition) is 4. The summed E-state index contributed by atoms with van der Waals surface area (Å²) in [4.78, 5) is 4.22. The Morgan fingerprint density at radius 3 is 2.94 bits per heavy atom. The fraction of sp³-hybridized carbons (Fsp3) is 0.385. The van der Waals surface area contributed by atoms with Gasteiger partial charge in [-0.3, -0.25) is 4.98 Å². The lowest BCUT2D eigenvalue weighted by atomic mass is 10.2. The average Bonchev–Trinajstić information content (AvgIpc) is 2.78. The monoisotopic (exact) mass is 231 g/mol. The smallest absolute Gasteiger partial charge is 0.185 e. The quantitative estimate of drug-likeness (QED) is 0.859. The van der Waals surface area contributed by atoms with E-state index in [0.717, 1.165) is 24.5 Å². The maximum absolute atomic E-state index is 5.26. The zero-order chi connectivity index (χ0) is 12.1. The van der Waals surface area contributed by atoms with Crippen molar-refractivity contribution in [1.29, 1.82) is 0 Å². The Kier molecular flexibility index (Phi) is 3.88. The van der Waals surface area contributed by atoms with Crippen molar-refractivity contribution in [3.05, 3.63) is 36.2 Å². The molecule has 0 bridgehead atoms. The summed E-state index contributed by atoms with van der Waals surface area (Å²) in [7, 11) is 0. The summed E-state index contributed by atoms with van der Waals surface area (Å²) >= 11 is 0. The topological polar surface area (TPSA) is 51.0 Å². The zero-order valence-electron chi connectivity index (χ0n) is 10.2. The molecule has 90 valence electrons. The van der Waals surface area contributed by atoms with E-state index in [4.69, 9.17) is 4.52 Å². The summed E-state index contributed by atoms with van der Waals surface area (Å²) in [5.41, 5.74) is 1.72. The number of hydrogen-bond donors (Lipinski definition) is 1. The van der Waals surface area contributed by atoms with Crippen LogP contribution >= 0.6 is 0 Å². The van der Waals surface area contributed by atoms with E-state index in [1.807, 2.05) is 24.3 Å². The third-order valence-electron chi connectivity index (χ3n) is 2.34. The van der Waals surface area contributed by atoms with Crippen LogP contribution in [0.2, 0.25) is 0 Å². The standard InChI is InChI=1S/C13H17N3O/c1-10(2)8-14-9-11-7-13(17-16-11)12-5-3-4-6-15-12/h3-7,10,14H,8-9H2,1-2H3. The Balaban J connectivity index is 1.97. The highest BCUT2D eigenvalue weighted by Gasteiger charge is 2.06. The zero-order valence-corrected chi connectivity index (χ0v) is 10.2. The fourth-order valence-electron chi connectivity index (χ4n) is 1.51. The van der Waals surface area contributed by atoms with Gasteiger partial charge in [0.1, 0.15) is 5.69 Å². The van der Waals surface area contributed by atoms with Gasteiger partial charge in [-0.25, -0.2) is 0 Å². The number of aromatic nitrogens is 2. The van der Waals surface area contributed by atoms with Crippen LogP contribution in [0.4, 0.5) is 0 Å². The predicted molar refractivity (Wildman–Crippen MR) is 66.3 cm³/mol. The van der Waals surface area contributed by atoms with Crippen LogP contribution in [0.25, 0.3) is 11.5 Å². The van der Waals surface area contributed by atoms with Crippen LogP contribution in [-0.2, 0) is 6.54 Å². The first-order valence-electron chi connectivity index (χ1n) is 5.83. The molecule has 0 fully saturated rings. The molecule has 1 N–H and O–H groups in total. The van der Waals surface area contributed by atoms with Gasteiger partial charge in [0.25, 0.3) is 0 Å². The summed E-state index contributed by atoms with van der Waals surface area (Å²) in [5, 5.41) is 7.33. The molecule has 4 nitrogen and oxygen atoms in total. The summed E-state index contributed by atoms with van der Waals surface area (Å²) in [5.74, 6) is 1.35.